The molecular formula is C20H32N2O3S. The molecule has 146 valence electrons. The Balaban J connectivity index is 2.17. The van der Waals surface area contributed by atoms with Crippen LogP contribution in [0, 0.1) is 12.8 Å². The fraction of sp³-hybridized carbons (Fsp3) is 0.650. The Labute approximate surface area is 158 Å². The van der Waals surface area contributed by atoms with E-state index in [1.807, 2.05) is 13.8 Å². The van der Waals surface area contributed by atoms with E-state index in [0.717, 1.165) is 37.7 Å². The third-order valence-electron chi connectivity index (χ3n) is 4.96. The lowest BCUT2D eigenvalue weighted by atomic mass is 10.0. The Morgan fingerprint density at radius 1 is 1.12 bits per heavy atom. The molecule has 1 aliphatic heterocycles. The van der Waals surface area contributed by atoms with Crippen molar-refractivity contribution in [2.24, 2.45) is 5.92 Å². The summed E-state index contributed by atoms with van der Waals surface area (Å²) in [7, 11) is -3.53. The van der Waals surface area contributed by atoms with Gasteiger partial charge in [0.2, 0.25) is 10.0 Å². The largest absolute Gasteiger partial charge is 0.350 e. The van der Waals surface area contributed by atoms with Gasteiger partial charge in [0.1, 0.15) is 0 Å². The van der Waals surface area contributed by atoms with Crippen molar-refractivity contribution < 1.29 is 13.2 Å². The van der Waals surface area contributed by atoms with E-state index in [4.69, 9.17) is 0 Å². The molecule has 5 nitrogen and oxygen atoms in total. The molecule has 1 aromatic rings. The first kappa shape index (κ1) is 20.9. The van der Waals surface area contributed by atoms with Gasteiger partial charge in [-0.2, -0.15) is 4.31 Å². The van der Waals surface area contributed by atoms with Gasteiger partial charge in [0, 0.05) is 24.7 Å². The zero-order valence-corrected chi connectivity index (χ0v) is 17.2. The number of carbonyl (C=O) groups excluding carboxylic acids is 1. The van der Waals surface area contributed by atoms with Crippen molar-refractivity contribution in [3.05, 3.63) is 29.3 Å². The Morgan fingerprint density at radius 2 is 1.77 bits per heavy atom. The lowest BCUT2D eigenvalue weighted by Gasteiger charge is -2.26. The van der Waals surface area contributed by atoms with Crippen molar-refractivity contribution in [3.8, 4) is 0 Å². The zero-order valence-electron chi connectivity index (χ0n) is 16.4. The molecule has 0 saturated carbocycles. The molecule has 0 spiro atoms. The predicted octanol–water partition coefficient (Wildman–Crippen LogP) is 3.72. The van der Waals surface area contributed by atoms with E-state index in [1.165, 1.54) is 10.4 Å². The molecule has 1 fully saturated rings. The molecule has 1 atom stereocenters. The first-order valence-corrected chi connectivity index (χ1v) is 11.1. The van der Waals surface area contributed by atoms with Crippen LogP contribution in [0.5, 0.6) is 0 Å². The molecule has 0 radical (unpaired) electrons. The van der Waals surface area contributed by atoms with Crippen molar-refractivity contribution in [1.29, 1.82) is 0 Å². The van der Waals surface area contributed by atoms with E-state index in [0.29, 0.717) is 24.6 Å². The number of hydrogen-bond acceptors (Lipinski definition) is 3. The summed E-state index contributed by atoms with van der Waals surface area (Å²) in [6.45, 7) is 9.27. The van der Waals surface area contributed by atoms with Crippen LogP contribution in [0.15, 0.2) is 23.1 Å². The van der Waals surface area contributed by atoms with Crippen LogP contribution in [0.3, 0.4) is 0 Å². The van der Waals surface area contributed by atoms with E-state index >= 15 is 0 Å². The topological polar surface area (TPSA) is 66.5 Å². The van der Waals surface area contributed by atoms with Crippen molar-refractivity contribution in [2.75, 3.05) is 13.1 Å². The molecule has 1 heterocycles. The van der Waals surface area contributed by atoms with Crippen LogP contribution in [0.1, 0.15) is 68.8 Å². The fourth-order valence-corrected chi connectivity index (χ4v) is 4.76. The molecule has 0 aromatic heterocycles. The molecule has 26 heavy (non-hydrogen) atoms. The van der Waals surface area contributed by atoms with Crippen LogP contribution in [-0.2, 0) is 10.0 Å². The van der Waals surface area contributed by atoms with Gasteiger partial charge in [-0.05, 0) is 63.1 Å². The maximum atomic E-state index is 12.9. The van der Waals surface area contributed by atoms with Gasteiger partial charge in [-0.15, -0.1) is 0 Å². The van der Waals surface area contributed by atoms with Gasteiger partial charge in [-0.25, -0.2) is 8.42 Å². The first-order valence-electron chi connectivity index (χ1n) is 9.63. The molecular weight excluding hydrogens is 348 g/mol. The second-order valence-corrected chi connectivity index (χ2v) is 9.73. The van der Waals surface area contributed by atoms with Crippen LogP contribution in [0.2, 0.25) is 0 Å². The highest BCUT2D eigenvalue weighted by Gasteiger charge is 2.27. The minimum Gasteiger partial charge on any atom is -0.350 e. The summed E-state index contributed by atoms with van der Waals surface area (Å²) in [5.41, 5.74) is 1.23. The van der Waals surface area contributed by atoms with Gasteiger partial charge in [0.05, 0.1) is 4.90 Å². The number of nitrogens with zero attached hydrogens (tertiary/aromatic N) is 1. The van der Waals surface area contributed by atoms with E-state index in [2.05, 4.69) is 19.2 Å². The highest BCUT2D eigenvalue weighted by Crippen LogP contribution is 2.23. The zero-order chi connectivity index (χ0) is 19.3. The minimum atomic E-state index is -3.53. The first-order chi connectivity index (χ1) is 12.2. The third-order valence-corrected chi connectivity index (χ3v) is 6.86. The van der Waals surface area contributed by atoms with E-state index < -0.39 is 10.0 Å². The number of piperidine rings is 1. The smallest absolute Gasteiger partial charge is 0.251 e. The summed E-state index contributed by atoms with van der Waals surface area (Å²) in [6, 6.07) is 4.93. The number of rotatable bonds is 7. The molecule has 1 aliphatic rings. The lowest BCUT2D eigenvalue weighted by molar-refractivity contribution is 0.0936. The summed E-state index contributed by atoms with van der Waals surface area (Å²) >= 11 is 0. The average molecular weight is 381 g/mol. The van der Waals surface area contributed by atoms with Crippen LogP contribution in [0.4, 0.5) is 0 Å². The second kappa shape index (κ2) is 9.00. The number of amides is 1. The Hall–Kier alpha value is -1.40. The van der Waals surface area contributed by atoms with Gasteiger partial charge in [-0.1, -0.05) is 26.3 Å². The number of sulfonamides is 1. The molecule has 1 aromatic carbocycles. The summed E-state index contributed by atoms with van der Waals surface area (Å²) in [4.78, 5) is 12.9. The SMILES string of the molecule is Cc1ccc(S(=O)(=O)N2CCCCC2)cc1C(=O)NC(C)CCC(C)C. The van der Waals surface area contributed by atoms with Crippen molar-refractivity contribution in [3.63, 3.8) is 0 Å². The van der Waals surface area contributed by atoms with E-state index in [-0.39, 0.29) is 16.8 Å². The van der Waals surface area contributed by atoms with Gasteiger partial charge in [0.25, 0.3) is 5.91 Å². The average Bonchev–Trinajstić information content (AvgIpc) is 2.60. The number of benzene rings is 1. The normalized spacial score (nSPS) is 17.3. The van der Waals surface area contributed by atoms with Crippen LogP contribution < -0.4 is 5.32 Å². The monoisotopic (exact) mass is 380 g/mol. The van der Waals surface area contributed by atoms with Crippen molar-refractivity contribution in [2.45, 2.75) is 70.7 Å². The minimum absolute atomic E-state index is 0.0617. The molecule has 1 N–H and O–H groups in total. The molecule has 2 rings (SSSR count). The molecule has 6 heteroatoms. The van der Waals surface area contributed by atoms with Gasteiger partial charge in [-0.3, -0.25) is 4.79 Å². The Morgan fingerprint density at radius 3 is 2.38 bits per heavy atom. The standard InChI is InChI=1S/C20H32N2O3S/c1-15(2)8-10-17(4)21-20(23)19-14-18(11-9-16(19)3)26(24,25)22-12-6-5-7-13-22/h9,11,14-15,17H,5-8,10,12-13H2,1-4H3,(H,21,23). The summed E-state index contributed by atoms with van der Waals surface area (Å²) in [5, 5.41) is 3.00. The van der Waals surface area contributed by atoms with Gasteiger partial charge < -0.3 is 5.32 Å². The quantitative estimate of drug-likeness (QED) is 0.784. The van der Waals surface area contributed by atoms with Crippen molar-refractivity contribution >= 4 is 15.9 Å². The summed E-state index contributed by atoms with van der Waals surface area (Å²) in [6.07, 6.45) is 4.82. The summed E-state index contributed by atoms with van der Waals surface area (Å²) in [5.74, 6) is 0.392. The molecule has 1 unspecified atom stereocenters. The number of nitrogens with one attached hydrogen (secondary N) is 1. The lowest BCUT2D eigenvalue weighted by Crippen LogP contribution is -2.36. The number of hydrogen-bond donors (Lipinski definition) is 1. The van der Waals surface area contributed by atoms with E-state index in [1.54, 1.807) is 12.1 Å². The highest BCUT2D eigenvalue weighted by molar-refractivity contribution is 7.89. The maximum absolute atomic E-state index is 12.9. The number of aryl methyl sites for hydroxylation is 1. The molecule has 0 bridgehead atoms. The molecule has 1 saturated heterocycles. The van der Waals surface area contributed by atoms with Gasteiger partial charge in [0.15, 0.2) is 0 Å². The van der Waals surface area contributed by atoms with Crippen LogP contribution in [0.25, 0.3) is 0 Å². The molecule has 1 amide bonds. The summed E-state index contributed by atoms with van der Waals surface area (Å²) < 4.78 is 27.3. The van der Waals surface area contributed by atoms with Crippen molar-refractivity contribution in [1.82, 2.24) is 9.62 Å². The Kier molecular flexibility index (Phi) is 7.24. The van der Waals surface area contributed by atoms with Crippen LogP contribution >= 0.6 is 0 Å². The fourth-order valence-electron chi connectivity index (χ4n) is 3.22. The third kappa shape index (κ3) is 5.30. The molecule has 0 aliphatic carbocycles. The van der Waals surface area contributed by atoms with Crippen LogP contribution in [-0.4, -0.2) is 37.8 Å². The number of carbonyl (C=O) groups is 1. The second-order valence-electron chi connectivity index (χ2n) is 7.79. The predicted molar refractivity (Wildman–Crippen MR) is 105 cm³/mol. The van der Waals surface area contributed by atoms with Gasteiger partial charge >= 0.3 is 0 Å². The maximum Gasteiger partial charge on any atom is 0.251 e. The Bertz CT molecular complexity index is 723. The van der Waals surface area contributed by atoms with E-state index in [9.17, 15) is 13.2 Å². The highest BCUT2D eigenvalue weighted by atomic mass is 32.2.